The Morgan fingerprint density at radius 3 is 2.28 bits per heavy atom. The number of aliphatic hydroxyl groups excluding tert-OH is 1. The molecule has 1 unspecified atom stereocenters. The highest BCUT2D eigenvalue weighted by molar-refractivity contribution is 6.51. The number of anilines is 1. The number of carbonyl (C=O) groups excluding carboxylic acids is 2. The van der Waals surface area contributed by atoms with Gasteiger partial charge in [-0.1, -0.05) is 18.2 Å². The number of Topliss-reactive ketones (excluding diaryl/α,β-unsaturated/α-hetero) is 1. The number of benzene rings is 3. The minimum Gasteiger partial charge on any atom is -0.507 e. The number of nitrogens with zero attached hydrogens (tertiary/aromatic N) is 1. The summed E-state index contributed by atoms with van der Waals surface area (Å²) in [6.45, 7) is 4.51. The minimum atomic E-state index is -1.02. The van der Waals surface area contributed by atoms with E-state index >= 15 is 0 Å². The number of aliphatic hydroxyl groups is 1. The summed E-state index contributed by atoms with van der Waals surface area (Å²) >= 11 is 0. The van der Waals surface area contributed by atoms with E-state index < -0.39 is 29.3 Å². The van der Waals surface area contributed by atoms with Crippen molar-refractivity contribution in [3.8, 4) is 17.2 Å². The van der Waals surface area contributed by atoms with Crippen molar-refractivity contribution in [2.24, 2.45) is 0 Å². The van der Waals surface area contributed by atoms with E-state index in [0.717, 1.165) is 6.07 Å². The van der Waals surface area contributed by atoms with Gasteiger partial charge in [0.25, 0.3) is 11.7 Å². The van der Waals surface area contributed by atoms with E-state index in [1.807, 2.05) is 13.8 Å². The highest BCUT2D eigenvalue weighted by Crippen LogP contribution is 2.44. The molecule has 3 aromatic rings. The summed E-state index contributed by atoms with van der Waals surface area (Å²) in [5.74, 6) is -1.72. The molecular formula is C28H26FNO6. The van der Waals surface area contributed by atoms with Gasteiger partial charge < -0.3 is 19.3 Å². The van der Waals surface area contributed by atoms with Crippen molar-refractivity contribution in [3.05, 3.63) is 89.2 Å². The first-order valence-electron chi connectivity index (χ1n) is 11.5. The molecule has 1 atom stereocenters. The van der Waals surface area contributed by atoms with E-state index in [-0.39, 0.29) is 16.9 Å². The number of amides is 1. The molecule has 0 spiro atoms. The third kappa shape index (κ3) is 4.62. The molecule has 1 aliphatic heterocycles. The van der Waals surface area contributed by atoms with Crippen molar-refractivity contribution in [2.75, 3.05) is 25.2 Å². The third-order valence-electron chi connectivity index (χ3n) is 5.75. The van der Waals surface area contributed by atoms with E-state index in [1.165, 1.54) is 24.1 Å². The van der Waals surface area contributed by atoms with E-state index in [0.29, 0.717) is 36.0 Å². The Bertz CT molecular complexity index is 1340. The van der Waals surface area contributed by atoms with Crippen LogP contribution in [0, 0.1) is 5.82 Å². The summed E-state index contributed by atoms with van der Waals surface area (Å²) < 4.78 is 30.6. The molecule has 36 heavy (non-hydrogen) atoms. The number of hydrogen-bond acceptors (Lipinski definition) is 6. The molecule has 1 heterocycles. The Morgan fingerprint density at radius 1 is 0.944 bits per heavy atom. The average Bonchev–Trinajstić information content (AvgIpc) is 3.14. The zero-order valence-electron chi connectivity index (χ0n) is 20.2. The molecule has 186 valence electrons. The molecule has 3 aromatic carbocycles. The maximum absolute atomic E-state index is 14.1. The number of carbonyl (C=O) groups is 2. The Labute approximate surface area is 208 Å². The van der Waals surface area contributed by atoms with Gasteiger partial charge in [-0.2, -0.15) is 0 Å². The fourth-order valence-corrected chi connectivity index (χ4v) is 4.26. The van der Waals surface area contributed by atoms with Gasteiger partial charge in [-0.25, -0.2) is 4.39 Å². The number of halogens is 1. The van der Waals surface area contributed by atoms with Crippen molar-refractivity contribution < 1.29 is 33.3 Å². The molecule has 1 N–H and O–H groups in total. The van der Waals surface area contributed by atoms with Gasteiger partial charge >= 0.3 is 0 Å². The molecule has 0 aromatic heterocycles. The van der Waals surface area contributed by atoms with Crippen LogP contribution in [0.25, 0.3) is 5.76 Å². The Morgan fingerprint density at radius 2 is 1.61 bits per heavy atom. The van der Waals surface area contributed by atoms with Crippen LogP contribution in [0.3, 0.4) is 0 Å². The lowest BCUT2D eigenvalue weighted by Gasteiger charge is -2.26. The van der Waals surface area contributed by atoms with E-state index in [4.69, 9.17) is 14.2 Å². The van der Waals surface area contributed by atoms with Crippen molar-refractivity contribution in [3.63, 3.8) is 0 Å². The van der Waals surface area contributed by atoms with Crippen LogP contribution in [-0.4, -0.2) is 37.1 Å². The van der Waals surface area contributed by atoms with E-state index in [1.54, 1.807) is 48.5 Å². The van der Waals surface area contributed by atoms with Gasteiger partial charge in [-0.15, -0.1) is 0 Å². The summed E-state index contributed by atoms with van der Waals surface area (Å²) in [5.41, 5.74) is 0.697. The normalized spacial score (nSPS) is 16.8. The van der Waals surface area contributed by atoms with Crippen LogP contribution in [-0.2, 0) is 9.59 Å². The molecular weight excluding hydrogens is 465 g/mol. The SMILES string of the molecule is CCOc1cccc(C2/C(=C(\O)c3cc(F)ccc3OC)C(=O)C(=O)N2c2cccc(OCC)c2)c1. The highest BCUT2D eigenvalue weighted by Gasteiger charge is 2.47. The second-order valence-corrected chi connectivity index (χ2v) is 7.95. The highest BCUT2D eigenvalue weighted by atomic mass is 19.1. The van der Waals surface area contributed by atoms with Gasteiger partial charge in [-0.3, -0.25) is 14.5 Å². The Balaban J connectivity index is 1.97. The molecule has 0 saturated carbocycles. The quantitative estimate of drug-likeness (QED) is 0.263. The Kier molecular flexibility index (Phi) is 7.24. The first-order chi connectivity index (χ1) is 17.4. The van der Waals surface area contributed by atoms with Gasteiger partial charge in [0, 0.05) is 11.8 Å². The molecule has 1 aliphatic rings. The summed E-state index contributed by atoms with van der Waals surface area (Å²) in [7, 11) is 1.37. The zero-order valence-corrected chi connectivity index (χ0v) is 20.2. The second kappa shape index (κ2) is 10.5. The maximum atomic E-state index is 14.1. The minimum absolute atomic E-state index is 0.0375. The summed E-state index contributed by atoms with van der Waals surface area (Å²) in [5, 5.41) is 11.3. The number of rotatable bonds is 8. The standard InChI is InChI=1S/C28H26FNO6/c1-4-35-20-10-6-8-17(14-20)25-24(26(31)22-15-18(29)12-13-23(22)34-3)27(32)28(33)30(25)19-9-7-11-21(16-19)36-5-2/h6-16,25,31H,4-5H2,1-3H3/b26-24+. The predicted molar refractivity (Wildman–Crippen MR) is 133 cm³/mol. The topological polar surface area (TPSA) is 85.3 Å². The molecule has 0 radical (unpaired) electrons. The van der Waals surface area contributed by atoms with Gasteiger partial charge in [-0.05, 0) is 61.9 Å². The third-order valence-corrected chi connectivity index (χ3v) is 5.75. The molecule has 0 aliphatic carbocycles. The Hall–Kier alpha value is -4.33. The van der Waals surface area contributed by atoms with E-state index in [9.17, 15) is 19.1 Å². The van der Waals surface area contributed by atoms with E-state index in [2.05, 4.69) is 0 Å². The van der Waals surface area contributed by atoms with Crippen LogP contribution in [0.5, 0.6) is 17.2 Å². The van der Waals surface area contributed by atoms with Crippen molar-refractivity contribution in [1.29, 1.82) is 0 Å². The largest absolute Gasteiger partial charge is 0.507 e. The summed E-state index contributed by atoms with van der Waals surface area (Å²) in [4.78, 5) is 28.1. The summed E-state index contributed by atoms with van der Waals surface area (Å²) in [6.07, 6.45) is 0. The van der Waals surface area contributed by atoms with Gasteiger partial charge in [0.05, 0.1) is 37.5 Å². The molecule has 8 heteroatoms. The number of hydrogen-bond donors (Lipinski definition) is 1. The van der Waals surface area contributed by atoms with Gasteiger partial charge in [0.15, 0.2) is 0 Å². The second-order valence-electron chi connectivity index (χ2n) is 7.95. The molecule has 1 saturated heterocycles. The maximum Gasteiger partial charge on any atom is 0.300 e. The lowest BCUT2D eigenvalue weighted by molar-refractivity contribution is -0.132. The number of ether oxygens (including phenoxy) is 3. The van der Waals surface area contributed by atoms with Crippen molar-refractivity contribution >= 4 is 23.1 Å². The number of ketones is 1. The van der Waals surface area contributed by atoms with Crippen LogP contribution < -0.4 is 19.1 Å². The molecule has 0 bridgehead atoms. The molecule has 1 amide bonds. The average molecular weight is 492 g/mol. The molecule has 1 fully saturated rings. The van der Waals surface area contributed by atoms with Crippen LogP contribution in [0.15, 0.2) is 72.3 Å². The number of methoxy groups -OCH3 is 1. The lowest BCUT2D eigenvalue weighted by atomic mass is 9.94. The van der Waals surface area contributed by atoms with Crippen LogP contribution in [0.4, 0.5) is 10.1 Å². The van der Waals surface area contributed by atoms with Crippen LogP contribution >= 0.6 is 0 Å². The van der Waals surface area contributed by atoms with Crippen molar-refractivity contribution in [1.82, 2.24) is 0 Å². The zero-order chi connectivity index (χ0) is 25.8. The van der Waals surface area contributed by atoms with Crippen molar-refractivity contribution in [2.45, 2.75) is 19.9 Å². The first kappa shape index (κ1) is 24.8. The van der Waals surface area contributed by atoms with Gasteiger partial charge in [0.1, 0.15) is 28.8 Å². The molecule has 7 nitrogen and oxygen atoms in total. The van der Waals surface area contributed by atoms with Crippen LogP contribution in [0.2, 0.25) is 0 Å². The fourth-order valence-electron chi connectivity index (χ4n) is 4.26. The smallest absolute Gasteiger partial charge is 0.300 e. The van der Waals surface area contributed by atoms with Gasteiger partial charge in [0.2, 0.25) is 0 Å². The molecule has 4 rings (SSSR count). The fraction of sp³-hybridized carbons (Fsp3) is 0.214. The first-order valence-corrected chi connectivity index (χ1v) is 11.5. The monoisotopic (exact) mass is 491 g/mol. The van der Waals surface area contributed by atoms with Crippen LogP contribution in [0.1, 0.15) is 31.0 Å². The summed E-state index contributed by atoms with van der Waals surface area (Å²) in [6, 6.07) is 16.3. The lowest BCUT2D eigenvalue weighted by Crippen LogP contribution is -2.29. The predicted octanol–water partition coefficient (Wildman–Crippen LogP) is 5.26.